The molecule has 1 aromatic heterocycles. The van der Waals surface area contributed by atoms with Crippen molar-refractivity contribution in [3.05, 3.63) is 52.9 Å². The second kappa shape index (κ2) is 9.48. The molecular formula is C19H24N4O5S. The van der Waals surface area contributed by atoms with E-state index in [1.54, 1.807) is 38.1 Å². The number of hydrogen-bond acceptors (Lipinski definition) is 5. The highest BCUT2D eigenvalue weighted by Crippen LogP contribution is 2.15. The normalized spacial score (nSPS) is 11.3. The van der Waals surface area contributed by atoms with E-state index >= 15 is 0 Å². The zero-order valence-corrected chi connectivity index (χ0v) is 17.3. The number of rotatable bonds is 8. The molecule has 0 saturated heterocycles. The molecule has 2 N–H and O–H groups in total. The van der Waals surface area contributed by atoms with Crippen LogP contribution in [0, 0.1) is 0 Å². The smallest absolute Gasteiger partial charge is 0.251 e. The minimum atomic E-state index is -3.74. The van der Waals surface area contributed by atoms with Crippen molar-refractivity contribution in [2.24, 2.45) is 0 Å². The third-order valence-corrected chi connectivity index (χ3v) is 6.14. The van der Waals surface area contributed by atoms with Gasteiger partial charge in [-0.15, -0.1) is 0 Å². The number of hydrogen-bond donors (Lipinski definition) is 2. The summed E-state index contributed by atoms with van der Waals surface area (Å²) in [5.41, 5.74) is 0.574. The van der Waals surface area contributed by atoms with E-state index in [9.17, 15) is 22.8 Å². The second-order valence-corrected chi connectivity index (χ2v) is 8.16. The Labute approximate surface area is 169 Å². The molecule has 0 aliphatic carbocycles. The summed E-state index contributed by atoms with van der Waals surface area (Å²) in [7, 11) is -3.74. The van der Waals surface area contributed by atoms with Gasteiger partial charge in [0.05, 0.1) is 4.90 Å². The van der Waals surface area contributed by atoms with Gasteiger partial charge in [-0.2, -0.15) is 4.31 Å². The first-order valence-electron chi connectivity index (χ1n) is 9.05. The molecule has 1 aromatic carbocycles. The lowest BCUT2D eigenvalue weighted by Crippen LogP contribution is -2.33. The molecule has 2 rings (SSSR count). The molecule has 0 aliphatic heterocycles. The largest absolute Gasteiger partial charge is 0.326 e. The molecule has 0 radical (unpaired) electrons. The van der Waals surface area contributed by atoms with Gasteiger partial charge in [0.2, 0.25) is 21.8 Å². The van der Waals surface area contributed by atoms with Crippen LogP contribution in [0.1, 0.15) is 20.8 Å². The molecule has 29 heavy (non-hydrogen) atoms. The zero-order chi connectivity index (χ0) is 21.6. The molecule has 0 fully saturated rings. The Kier molecular flexibility index (Phi) is 7.29. The van der Waals surface area contributed by atoms with Crippen LogP contribution in [-0.2, 0) is 26.2 Å². The van der Waals surface area contributed by atoms with Gasteiger partial charge in [-0.3, -0.25) is 14.4 Å². The molecule has 2 amide bonds. The van der Waals surface area contributed by atoms with Gasteiger partial charge in [-0.05, 0) is 30.3 Å². The quantitative estimate of drug-likeness (QED) is 0.671. The average molecular weight is 420 g/mol. The van der Waals surface area contributed by atoms with E-state index in [0.717, 1.165) is 10.6 Å². The third-order valence-electron chi connectivity index (χ3n) is 4.10. The molecule has 1 heterocycles. The SMILES string of the molecule is CCN(CC)S(=O)(=O)c1ccc(=O)n(CC(=O)Nc2ccc(NC(C)=O)cc2)c1. The topological polar surface area (TPSA) is 118 Å². The van der Waals surface area contributed by atoms with Crippen molar-refractivity contribution < 1.29 is 18.0 Å². The molecule has 10 heteroatoms. The van der Waals surface area contributed by atoms with Crippen molar-refractivity contribution in [3.8, 4) is 0 Å². The number of sulfonamides is 1. The minimum Gasteiger partial charge on any atom is -0.326 e. The number of pyridine rings is 1. The molecule has 2 aromatic rings. The molecule has 0 bridgehead atoms. The van der Waals surface area contributed by atoms with Crippen LogP contribution in [0.25, 0.3) is 0 Å². The number of aromatic nitrogens is 1. The highest BCUT2D eigenvalue weighted by Gasteiger charge is 2.22. The molecule has 0 aliphatic rings. The lowest BCUT2D eigenvalue weighted by molar-refractivity contribution is -0.117. The third kappa shape index (κ3) is 5.75. The van der Waals surface area contributed by atoms with E-state index in [0.29, 0.717) is 24.5 Å². The molecule has 9 nitrogen and oxygen atoms in total. The standard InChI is InChI=1S/C19H24N4O5S/c1-4-23(5-2)29(27,28)17-10-11-19(26)22(12-17)13-18(25)21-16-8-6-15(7-9-16)20-14(3)24/h6-12H,4-5,13H2,1-3H3,(H,20,24)(H,21,25). The predicted octanol–water partition coefficient (Wildman–Crippen LogP) is 1.48. The predicted molar refractivity (Wildman–Crippen MR) is 110 cm³/mol. The zero-order valence-electron chi connectivity index (χ0n) is 16.5. The molecule has 0 saturated carbocycles. The summed E-state index contributed by atoms with van der Waals surface area (Å²) in [6.45, 7) is 5.10. The van der Waals surface area contributed by atoms with Gasteiger partial charge in [0.1, 0.15) is 6.54 Å². The summed E-state index contributed by atoms with van der Waals surface area (Å²) in [5.74, 6) is -0.697. The van der Waals surface area contributed by atoms with Crippen LogP contribution in [0.4, 0.5) is 11.4 Å². The van der Waals surface area contributed by atoms with Crippen molar-refractivity contribution in [3.63, 3.8) is 0 Å². The van der Waals surface area contributed by atoms with Crippen LogP contribution in [0.2, 0.25) is 0 Å². The molecule has 156 valence electrons. The number of carbonyl (C=O) groups excluding carboxylic acids is 2. The number of carbonyl (C=O) groups is 2. The Morgan fingerprint density at radius 3 is 2.03 bits per heavy atom. The Morgan fingerprint density at radius 1 is 0.966 bits per heavy atom. The van der Waals surface area contributed by atoms with Crippen LogP contribution >= 0.6 is 0 Å². The van der Waals surface area contributed by atoms with Gasteiger partial charge < -0.3 is 15.2 Å². The second-order valence-electron chi connectivity index (χ2n) is 6.23. The van der Waals surface area contributed by atoms with E-state index in [1.165, 1.54) is 23.5 Å². The molecule has 0 spiro atoms. The fourth-order valence-corrected chi connectivity index (χ4v) is 4.17. The van der Waals surface area contributed by atoms with Crippen molar-refractivity contribution in [2.45, 2.75) is 32.2 Å². The lowest BCUT2D eigenvalue weighted by atomic mass is 10.2. The Balaban J connectivity index is 2.16. The average Bonchev–Trinajstić information content (AvgIpc) is 2.65. The van der Waals surface area contributed by atoms with E-state index in [2.05, 4.69) is 10.6 Å². The van der Waals surface area contributed by atoms with Gasteiger partial charge in [0, 0.05) is 43.7 Å². The van der Waals surface area contributed by atoms with Crippen molar-refractivity contribution >= 4 is 33.2 Å². The maximum Gasteiger partial charge on any atom is 0.251 e. The summed E-state index contributed by atoms with van der Waals surface area (Å²) in [5, 5.41) is 5.24. The Morgan fingerprint density at radius 2 is 1.52 bits per heavy atom. The maximum atomic E-state index is 12.6. The van der Waals surface area contributed by atoms with Crippen LogP contribution < -0.4 is 16.2 Å². The van der Waals surface area contributed by atoms with Crippen molar-refractivity contribution in [2.75, 3.05) is 23.7 Å². The summed E-state index contributed by atoms with van der Waals surface area (Å²) >= 11 is 0. The highest BCUT2D eigenvalue weighted by atomic mass is 32.2. The number of benzene rings is 1. The maximum absolute atomic E-state index is 12.6. The number of nitrogens with one attached hydrogen (secondary N) is 2. The first-order valence-corrected chi connectivity index (χ1v) is 10.5. The van der Waals surface area contributed by atoms with Gasteiger partial charge in [-0.25, -0.2) is 8.42 Å². The summed E-state index contributed by atoms with van der Waals surface area (Å²) in [4.78, 5) is 35.4. The first kappa shape index (κ1) is 22.3. The van der Waals surface area contributed by atoms with Crippen molar-refractivity contribution in [1.82, 2.24) is 8.87 Å². The van der Waals surface area contributed by atoms with Crippen LogP contribution in [-0.4, -0.2) is 42.2 Å². The Bertz CT molecular complexity index is 1040. The Hall–Kier alpha value is -2.98. The van der Waals surface area contributed by atoms with E-state index in [-0.39, 0.29) is 17.3 Å². The first-order chi connectivity index (χ1) is 13.7. The van der Waals surface area contributed by atoms with Crippen molar-refractivity contribution in [1.29, 1.82) is 0 Å². The van der Waals surface area contributed by atoms with Crippen LogP contribution in [0.5, 0.6) is 0 Å². The molecule has 0 atom stereocenters. The number of nitrogens with zero attached hydrogens (tertiary/aromatic N) is 2. The van der Waals surface area contributed by atoms with Crippen LogP contribution in [0.3, 0.4) is 0 Å². The summed E-state index contributed by atoms with van der Waals surface area (Å²) < 4.78 is 27.6. The lowest BCUT2D eigenvalue weighted by Gasteiger charge is -2.19. The summed E-state index contributed by atoms with van der Waals surface area (Å²) in [6.07, 6.45) is 1.18. The van der Waals surface area contributed by atoms with E-state index in [4.69, 9.17) is 0 Å². The van der Waals surface area contributed by atoms with Gasteiger partial charge in [-0.1, -0.05) is 13.8 Å². The number of amides is 2. The minimum absolute atomic E-state index is 0.0479. The molecular weight excluding hydrogens is 396 g/mol. The van der Waals surface area contributed by atoms with Gasteiger partial charge in [0.15, 0.2) is 0 Å². The summed E-state index contributed by atoms with van der Waals surface area (Å²) in [6, 6.07) is 8.83. The van der Waals surface area contributed by atoms with Crippen LogP contribution in [0.15, 0.2) is 52.3 Å². The monoisotopic (exact) mass is 420 g/mol. The highest BCUT2D eigenvalue weighted by molar-refractivity contribution is 7.89. The van der Waals surface area contributed by atoms with Gasteiger partial charge >= 0.3 is 0 Å². The van der Waals surface area contributed by atoms with E-state index < -0.39 is 21.5 Å². The number of anilines is 2. The molecule has 0 unspecified atom stereocenters. The fourth-order valence-electron chi connectivity index (χ4n) is 2.69. The fraction of sp³-hybridized carbons (Fsp3) is 0.316. The van der Waals surface area contributed by atoms with Gasteiger partial charge in [0.25, 0.3) is 5.56 Å². The van der Waals surface area contributed by atoms with E-state index in [1.807, 2.05) is 0 Å².